The summed E-state index contributed by atoms with van der Waals surface area (Å²) >= 11 is 0. The molecular weight excluding hydrogens is 326 g/mol. The Kier molecular flexibility index (Phi) is 3.48. The minimum atomic E-state index is -0.107. The Bertz CT molecular complexity index is 963. The SMILES string of the molecule is Cc1[nH]nc(-c2ccccc2)c1NC(=O)c1cc(C2CC2)oc1C1CC1. The smallest absolute Gasteiger partial charge is 0.259 e. The molecule has 0 bridgehead atoms. The number of anilines is 1. The van der Waals surface area contributed by atoms with Crippen LogP contribution in [-0.4, -0.2) is 16.1 Å². The highest BCUT2D eigenvalue weighted by Crippen LogP contribution is 2.47. The predicted octanol–water partition coefficient (Wildman–Crippen LogP) is 4.99. The van der Waals surface area contributed by atoms with Gasteiger partial charge in [0.05, 0.1) is 16.9 Å². The van der Waals surface area contributed by atoms with E-state index in [1.54, 1.807) is 0 Å². The Hall–Kier alpha value is -2.82. The van der Waals surface area contributed by atoms with Gasteiger partial charge in [0.25, 0.3) is 5.91 Å². The number of furan rings is 1. The van der Waals surface area contributed by atoms with Gasteiger partial charge in [-0.25, -0.2) is 0 Å². The molecule has 3 aromatic rings. The molecule has 5 nitrogen and oxygen atoms in total. The first-order valence-corrected chi connectivity index (χ1v) is 9.26. The summed E-state index contributed by atoms with van der Waals surface area (Å²) in [5.41, 5.74) is 4.00. The number of nitrogens with zero attached hydrogens (tertiary/aromatic N) is 1. The summed E-state index contributed by atoms with van der Waals surface area (Å²) in [6.07, 6.45) is 4.55. The summed E-state index contributed by atoms with van der Waals surface area (Å²) in [7, 11) is 0. The standard InChI is InChI=1S/C21H21N3O2/c1-12-18(19(24-23-12)14-5-3-2-4-6-14)22-21(25)16-11-17(13-7-8-13)26-20(16)15-9-10-15/h2-6,11,13,15H,7-10H2,1H3,(H,22,25)(H,23,24). The van der Waals surface area contributed by atoms with Crippen LogP contribution in [0.5, 0.6) is 0 Å². The van der Waals surface area contributed by atoms with E-state index in [4.69, 9.17) is 4.42 Å². The van der Waals surface area contributed by atoms with E-state index in [9.17, 15) is 4.79 Å². The number of carbonyl (C=O) groups is 1. The lowest BCUT2D eigenvalue weighted by molar-refractivity contribution is 0.102. The van der Waals surface area contributed by atoms with Crippen molar-refractivity contribution in [1.82, 2.24) is 10.2 Å². The Morgan fingerprint density at radius 1 is 1.15 bits per heavy atom. The maximum Gasteiger partial charge on any atom is 0.259 e. The Balaban J connectivity index is 1.47. The van der Waals surface area contributed by atoms with Gasteiger partial charge >= 0.3 is 0 Å². The fraction of sp³-hybridized carbons (Fsp3) is 0.333. The number of hydrogen-bond acceptors (Lipinski definition) is 3. The molecule has 26 heavy (non-hydrogen) atoms. The van der Waals surface area contributed by atoms with Crippen LogP contribution >= 0.6 is 0 Å². The minimum Gasteiger partial charge on any atom is -0.465 e. The van der Waals surface area contributed by atoms with Crippen LogP contribution in [0.1, 0.15) is 65.1 Å². The molecule has 5 heteroatoms. The van der Waals surface area contributed by atoms with Gasteiger partial charge in [-0.05, 0) is 38.7 Å². The van der Waals surface area contributed by atoms with E-state index >= 15 is 0 Å². The molecule has 2 aliphatic carbocycles. The largest absolute Gasteiger partial charge is 0.465 e. The van der Waals surface area contributed by atoms with Crippen molar-refractivity contribution in [2.45, 2.75) is 44.4 Å². The number of aromatic nitrogens is 2. The predicted molar refractivity (Wildman–Crippen MR) is 99.4 cm³/mol. The third kappa shape index (κ3) is 2.73. The molecule has 0 unspecified atom stereocenters. The number of H-pyrrole nitrogens is 1. The molecule has 2 fully saturated rings. The molecule has 0 aliphatic heterocycles. The van der Waals surface area contributed by atoms with Gasteiger partial charge in [0, 0.05) is 17.4 Å². The third-order valence-electron chi connectivity index (χ3n) is 5.19. The molecule has 0 atom stereocenters. The first-order chi connectivity index (χ1) is 12.7. The molecule has 132 valence electrons. The Morgan fingerprint density at radius 3 is 2.58 bits per heavy atom. The second-order valence-electron chi connectivity index (χ2n) is 7.37. The number of nitrogens with one attached hydrogen (secondary N) is 2. The highest BCUT2D eigenvalue weighted by molar-refractivity contribution is 6.07. The van der Waals surface area contributed by atoms with Gasteiger partial charge in [-0.2, -0.15) is 5.10 Å². The van der Waals surface area contributed by atoms with Crippen LogP contribution < -0.4 is 5.32 Å². The summed E-state index contributed by atoms with van der Waals surface area (Å²) in [5.74, 6) is 2.65. The minimum absolute atomic E-state index is 0.107. The van der Waals surface area contributed by atoms with Crippen LogP contribution in [-0.2, 0) is 0 Å². The van der Waals surface area contributed by atoms with E-state index in [2.05, 4.69) is 15.5 Å². The molecule has 2 aliphatic rings. The summed E-state index contributed by atoms with van der Waals surface area (Å²) in [6, 6.07) is 11.8. The summed E-state index contributed by atoms with van der Waals surface area (Å²) in [5, 5.41) is 10.4. The number of aromatic amines is 1. The molecule has 5 rings (SSSR count). The average Bonchev–Trinajstić information content (AvgIpc) is 3.59. The normalized spacial score (nSPS) is 16.7. The zero-order chi connectivity index (χ0) is 17.7. The van der Waals surface area contributed by atoms with Crippen LogP contribution in [0, 0.1) is 6.92 Å². The van der Waals surface area contributed by atoms with Gasteiger partial charge < -0.3 is 9.73 Å². The monoisotopic (exact) mass is 347 g/mol. The van der Waals surface area contributed by atoms with Crippen molar-refractivity contribution in [3.63, 3.8) is 0 Å². The van der Waals surface area contributed by atoms with Gasteiger partial charge in [0.1, 0.15) is 17.2 Å². The Morgan fingerprint density at radius 2 is 1.88 bits per heavy atom. The molecule has 2 N–H and O–H groups in total. The molecule has 2 heterocycles. The van der Waals surface area contributed by atoms with E-state index in [1.807, 2.05) is 43.3 Å². The van der Waals surface area contributed by atoms with Gasteiger partial charge in [-0.3, -0.25) is 9.89 Å². The van der Waals surface area contributed by atoms with Crippen molar-refractivity contribution >= 4 is 11.6 Å². The maximum absolute atomic E-state index is 13.0. The molecular formula is C21H21N3O2. The lowest BCUT2D eigenvalue weighted by atomic mass is 10.1. The second-order valence-corrected chi connectivity index (χ2v) is 7.37. The highest BCUT2D eigenvalue weighted by Gasteiger charge is 2.36. The lowest BCUT2D eigenvalue weighted by Crippen LogP contribution is -2.13. The van der Waals surface area contributed by atoms with Crippen molar-refractivity contribution in [2.24, 2.45) is 0 Å². The van der Waals surface area contributed by atoms with Crippen molar-refractivity contribution in [3.05, 3.63) is 59.2 Å². The van der Waals surface area contributed by atoms with Gasteiger partial charge in [-0.15, -0.1) is 0 Å². The van der Waals surface area contributed by atoms with Crippen LogP contribution in [0.2, 0.25) is 0 Å². The molecule has 2 aromatic heterocycles. The number of amides is 1. The summed E-state index contributed by atoms with van der Waals surface area (Å²) in [4.78, 5) is 13.0. The molecule has 2 saturated carbocycles. The van der Waals surface area contributed by atoms with Crippen LogP contribution in [0.25, 0.3) is 11.3 Å². The fourth-order valence-corrected chi connectivity index (χ4v) is 3.39. The first kappa shape index (κ1) is 15.4. The van der Waals surface area contributed by atoms with Crippen LogP contribution in [0.3, 0.4) is 0 Å². The topological polar surface area (TPSA) is 70.9 Å². The number of hydrogen-bond donors (Lipinski definition) is 2. The number of benzene rings is 1. The van der Waals surface area contributed by atoms with Gasteiger partial charge in [0.2, 0.25) is 0 Å². The van der Waals surface area contributed by atoms with Crippen molar-refractivity contribution in [3.8, 4) is 11.3 Å². The second kappa shape index (κ2) is 5.87. The average molecular weight is 347 g/mol. The summed E-state index contributed by atoms with van der Waals surface area (Å²) in [6.45, 7) is 1.92. The first-order valence-electron chi connectivity index (χ1n) is 9.26. The van der Waals surface area contributed by atoms with Crippen molar-refractivity contribution < 1.29 is 9.21 Å². The Labute approximate surface area is 151 Å². The number of aryl methyl sites for hydroxylation is 1. The highest BCUT2D eigenvalue weighted by atomic mass is 16.3. The molecule has 0 radical (unpaired) electrons. The van der Waals surface area contributed by atoms with E-state index in [1.165, 1.54) is 0 Å². The van der Waals surface area contributed by atoms with E-state index in [-0.39, 0.29) is 5.91 Å². The van der Waals surface area contributed by atoms with E-state index in [0.29, 0.717) is 17.4 Å². The molecule has 0 saturated heterocycles. The number of carbonyl (C=O) groups excluding carboxylic acids is 1. The van der Waals surface area contributed by atoms with Crippen LogP contribution in [0.15, 0.2) is 40.8 Å². The zero-order valence-electron chi connectivity index (χ0n) is 14.7. The van der Waals surface area contributed by atoms with Crippen molar-refractivity contribution in [1.29, 1.82) is 0 Å². The van der Waals surface area contributed by atoms with E-state index < -0.39 is 0 Å². The molecule has 0 spiro atoms. The zero-order valence-corrected chi connectivity index (χ0v) is 14.7. The third-order valence-corrected chi connectivity index (χ3v) is 5.19. The lowest BCUT2D eigenvalue weighted by Gasteiger charge is -2.07. The molecule has 1 amide bonds. The summed E-state index contributed by atoms with van der Waals surface area (Å²) < 4.78 is 6.06. The van der Waals surface area contributed by atoms with Gasteiger partial charge in [-0.1, -0.05) is 30.3 Å². The van der Waals surface area contributed by atoms with Gasteiger partial charge in [0.15, 0.2) is 0 Å². The number of rotatable bonds is 5. The van der Waals surface area contributed by atoms with Crippen LogP contribution in [0.4, 0.5) is 5.69 Å². The van der Waals surface area contributed by atoms with Crippen molar-refractivity contribution in [2.75, 3.05) is 5.32 Å². The quantitative estimate of drug-likeness (QED) is 0.683. The maximum atomic E-state index is 13.0. The fourth-order valence-electron chi connectivity index (χ4n) is 3.39. The van der Waals surface area contributed by atoms with E-state index in [0.717, 1.165) is 59.8 Å². The molecule has 1 aromatic carbocycles.